The molecule has 0 spiro atoms. The van der Waals surface area contributed by atoms with Gasteiger partial charge < -0.3 is 5.11 Å². The first kappa shape index (κ1) is 22.9. The molecule has 0 heterocycles. The number of fused-ring (bicyclic) bond motifs is 4. The van der Waals surface area contributed by atoms with Gasteiger partial charge in [0.05, 0.1) is 10.2 Å². The van der Waals surface area contributed by atoms with Gasteiger partial charge in [0, 0.05) is 23.1 Å². The van der Waals surface area contributed by atoms with Gasteiger partial charge in [0.1, 0.15) is 0 Å². The lowest BCUT2D eigenvalue weighted by molar-refractivity contribution is -0.385. The fourth-order valence-corrected chi connectivity index (χ4v) is 6.84. The van der Waals surface area contributed by atoms with E-state index in [1.165, 1.54) is 18.2 Å². The Hall–Kier alpha value is -3.82. The van der Waals surface area contributed by atoms with Crippen molar-refractivity contribution in [1.82, 2.24) is 0 Å². The van der Waals surface area contributed by atoms with Crippen molar-refractivity contribution in [3.8, 4) is 5.75 Å². The summed E-state index contributed by atoms with van der Waals surface area (Å²) in [5.41, 5.74) is 0.800. The van der Waals surface area contributed by atoms with E-state index in [0.29, 0.717) is 26.8 Å². The third-order valence-corrected chi connectivity index (χ3v) is 8.46. The molecule has 5 rings (SSSR count). The summed E-state index contributed by atoms with van der Waals surface area (Å²) >= 11 is 0. The van der Waals surface area contributed by atoms with Crippen LogP contribution in [0, 0.1) is 26.5 Å². The molecule has 0 aromatic heterocycles. The van der Waals surface area contributed by atoms with Crippen LogP contribution in [-0.2, 0) is 10.1 Å². The molecule has 3 atom stereocenters. The Morgan fingerprint density at radius 3 is 2.31 bits per heavy atom. The van der Waals surface area contributed by atoms with Crippen molar-refractivity contribution in [3.63, 3.8) is 0 Å². The SMILES string of the molecule is CC1C=c2ccc3c(c2C(C)C1S(=O)(=O)O)C(=O)C(c1ccc(O)c([N+](=O)[O-])c1)=c1ccccc1=3. The van der Waals surface area contributed by atoms with E-state index >= 15 is 0 Å². The summed E-state index contributed by atoms with van der Waals surface area (Å²) in [6.45, 7) is 3.39. The number of carbonyl (C=O) groups excluding carboxylic acids is 1. The van der Waals surface area contributed by atoms with Gasteiger partial charge in [-0.15, -0.1) is 0 Å². The van der Waals surface area contributed by atoms with Crippen LogP contribution >= 0.6 is 0 Å². The zero-order valence-electron chi connectivity index (χ0n) is 18.8. The van der Waals surface area contributed by atoms with Crippen LogP contribution in [0.25, 0.3) is 11.6 Å². The van der Waals surface area contributed by atoms with Crippen LogP contribution in [0.4, 0.5) is 5.69 Å². The van der Waals surface area contributed by atoms with Gasteiger partial charge in [-0.25, -0.2) is 0 Å². The highest BCUT2D eigenvalue weighted by molar-refractivity contribution is 7.86. The molecule has 35 heavy (non-hydrogen) atoms. The monoisotopic (exact) mass is 491 g/mol. The number of nitrogens with zero attached hydrogens (tertiary/aromatic N) is 1. The van der Waals surface area contributed by atoms with Crippen LogP contribution in [0.3, 0.4) is 0 Å². The second kappa shape index (κ2) is 7.86. The van der Waals surface area contributed by atoms with Gasteiger partial charge in [-0.2, -0.15) is 8.42 Å². The Bertz CT molecular complexity index is 1780. The molecule has 2 aliphatic rings. The molecule has 178 valence electrons. The molecule has 0 aliphatic heterocycles. The summed E-state index contributed by atoms with van der Waals surface area (Å²) in [7, 11) is -4.41. The van der Waals surface area contributed by atoms with E-state index < -0.39 is 49.3 Å². The first-order valence-corrected chi connectivity index (χ1v) is 12.5. The van der Waals surface area contributed by atoms with Crippen molar-refractivity contribution in [1.29, 1.82) is 0 Å². The Morgan fingerprint density at radius 1 is 0.971 bits per heavy atom. The van der Waals surface area contributed by atoms with Crippen molar-refractivity contribution in [2.75, 3.05) is 0 Å². The number of nitro benzene ring substituents is 1. The van der Waals surface area contributed by atoms with Crippen molar-refractivity contribution < 1.29 is 27.8 Å². The lowest BCUT2D eigenvalue weighted by atomic mass is 9.77. The van der Waals surface area contributed by atoms with E-state index in [1.54, 1.807) is 32.1 Å². The molecule has 3 aromatic rings. The smallest absolute Gasteiger partial charge is 0.311 e. The molecule has 0 fully saturated rings. The van der Waals surface area contributed by atoms with Crippen LogP contribution in [0.1, 0.15) is 41.3 Å². The minimum Gasteiger partial charge on any atom is -0.502 e. The number of phenols is 1. The molecule has 0 amide bonds. The summed E-state index contributed by atoms with van der Waals surface area (Å²) in [5.74, 6) is -2.07. The molecule has 3 aromatic carbocycles. The third kappa shape index (κ3) is 3.46. The maximum absolute atomic E-state index is 14.1. The van der Waals surface area contributed by atoms with Gasteiger partial charge in [0.15, 0.2) is 11.5 Å². The largest absolute Gasteiger partial charge is 0.502 e. The molecule has 0 saturated carbocycles. The van der Waals surface area contributed by atoms with Crippen molar-refractivity contribution in [2.24, 2.45) is 5.92 Å². The van der Waals surface area contributed by atoms with Crippen LogP contribution in [0.5, 0.6) is 5.75 Å². The van der Waals surface area contributed by atoms with Crippen LogP contribution in [0.15, 0.2) is 54.6 Å². The second-order valence-electron chi connectivity index (χ2n) is 9.00. The molecule has 9 heteroatoms. The van der Waals surface area contributed by atoms with Gasteiger partial charge >= 0.3 is 5.69 Å². The molecular weight excluding hydrogens is 470 g/mol. The van der Waals surface area contributed by atoms with Crippen LogP contribution in [-0.4, -0.2) is 34.0 Å². The fraction of sp³-hybridized carbons (Fsp3) is 0.192. The summed E-state index contributed by atoms with van der Waals surface area (Å²) in [6, 6.07) is 14.6. The minimum atomic E-state index is -4.41. The van der Waals surface area contributed by atoms with Crippen molar-refractivity contribution in [2.45, 2.75) is 25.0 Å². The Kier molecular flexibility index (Phi) is 5.15. The highest BCUT2D eigenvalue weighted by Gasteiger charge is 2.40. The first-order chi connectivity index (χ1) is 16.5. The summed E-state index contributed by atoms with van der Waals surface area (Å²) in [5, 5.41) is 22.9. The van der Waals surface area contributed by atoms with Crippen LogP contribution < -0.4 is 10.4 Å². The van der Waals surface area contributed by atoms with Gasteiger partial charge in [-0.1, -0.05) is 62.4 Å². The molecule has 0 bridgehead atoms. The fourth-order valence-electron chi connectivity index (χ4n) is 5.56. The van der Waals surface area contributed by atoms with Gasteiger partial charge in [0.25, 0.3) is 10.1 Å². The quantitative estimate of drug-likeness (QED) is 0.327. The normalized spacial score (nSPS) is 20.9. The number of carbonyl (C=O) groups is 1. The Morgan fingerprint density at radius 2 is 1.66 bits per heavy atom. The second-order valence-corrected chi connectivity index (χ2v) is 10.6. The summed E-state index contributed by atoms with van der Waals surface area (Å²) in [6.07, 6.45) is 1.74. The maximum atomic E-state index is 14.1. The van der Waals surface area contributed by atoms with Crippen molar-refractivity contribution in [3.05, 3.63) is 102 Å². The van der Waals surface area contributed by atoms with E-state index in [9.17, 15) is 33.0 Å². The van der Waals surface area contributed by atoms with E-state index in [0.717, 1.165) is 5.22 Å². The third-order valence-electron chi connectivity index (χ3n) is 6.93. The predicted octanol–water partition coefficient (Wildman–Crippen LogP) is 2.77. The van der Waals surface area contributed by atoms with E-state index in [2.05, 4.69) is 0 Å². The van der Waals surface area contributed by atoms with E-state index in [1.807, 2.05) is 24.3 Å². The number of aromatic hydroxyl groups is 1. The highest BCUT2D eigenvalue weighted by atomic mass is 32.2. The number of phenolic OH excluding ortho intramolecular Hbond substituents is 1. The standard InChI is InChI=1S/C26H21NO7S/c1-13-11-15-7-9-19-17-5-3-4-6-18(17)23(16-8-10-21(28)20(12-16)27(30)31)25(29)24(19)22(15)14(2)26(13)35(32,33)34/h3-14,26,28H,1-2H3,(H,32,33,34). The molecule has 2 aliphatic carbocycles. The number of benzene rings is 3. The average Bonchev–Trinajstić information content (AvgIpc) is 2.78. The Labute approximate surface area is 200 Å². The molecule has 3 unspecified atom stereocenters. The predicted molar refractivity (Wildman–Crippen MR) is 129 cm³/mol. The molecular formula is C26H21NO7S. The topological polar surface area (TPSA) is 135 Å². The minimum absolute atomic E-state index is 0.221. The zero-order valence-corrected chi connectivity index (χ0v) is 19.6. The molecule has 0 radical (unpaired) electrons. The highest BCUT2D eigenvalue weighted by Crippen LogP contribution is 2.37. The number of Topliss-reactive ketones (excluding diaryl/α,β-unsaturated/α-hetero) is 1. The Balaban J connectivity index is 1.91. The van der Waals surface area contributed by atoms with E-state index in [4.69, 9.17) is 0 Å². The molecule has 0 saturated heterocycles. The lowest BCUT2D eigenvalue weighted by Gasteiger charge is -2.32. The van der Waals surface area contributed by atoms with Gasteiger partial charge in [-0.3, -0.25) is 19.5 Å². The molecule has 8 nitrogen and oxygen atoms in total. The molecule has 2 N–H and O–H groups in total. The van der Waals surface area contributed by atoms with Crippen molar-refractivity contribution >= 4 is 33.2 Å². The maximum Gasteiger partial charge on any atom is 0.311 e. The number of hydrogen-bond donors (Lipinski definition) is 2. The van der Waals surface area contributed by atoms with Gasteiger partial charge in [-0.05, 0) is 44.0 Å². The summed E-state index contributed by atoms with van der Waals surface area (Å²) < 4.78 is 34.4. The van der Waals surface area contributed by atoms with Crippen LogP contribution in [0.2, 0.25) is 0 Å². The number of ketones is 1. The van der Waals surface area contributed by atoms with E-state index in [-0.39, 0.29) is 11.1 Å². The first-order valence-electron chi connectivity index (χ1n) is 11.0. The lowest BCUT2D eigenvalue weighted by Crippen LogP contribution is -2.40. The number of nitro groups is 1. The summed E-state index contributed by atoms with van der Waals surface area (Å²) in [4.78, 5) is 24.8. The van der Waals surface area contributed by atoms with Gasteiger partial charge in [0.2, 0.25) is 0 Å². The number of hydrogen-bond acceptors (Lipinski definition) is 6. The number of rotatable bonds is 3. The average molecular weight is 492 g/mol. The zero-order chi connectivity index (χ0) is 25.2.